The van der Waals surface area contributed by atoms with Crippen LogP contribution < -0.4 is 5.32 Å². The summed E-state index contributed by atoms with van der Waals surface area (Å²) in [6.45, 7) is 0.225. The second kappa shape index (κ2) is 6.00. The van der Waals surface area contributed by atoms with Crippen LogP contribution in [0.2, 0.25) is 0 Å². The van der Waals surface area contributed by atoms with E-state index in [1.54, 1.807) is 0 Å². The van der Waals surface area contributed by atoms with Gasteiger partial charge in [-0.1, -0.05) is 25.0 Å². The van der Waals surface area contributed by atoms with Crippen molar-refractivity contribution in [1.29, 1.82) is 0 Å². The molecule has 5 heteroatoms. The predicted molar refractivity (Wildman–Crippen MR) is 77.1 cm³/mol. The fourth-order valence-electron chi connectivity index (χ4n) is 3.67. The molecule has 0 aromatic heterocycles. The van der Waals surface area contributed by atoms with Gasteiger partial charge in [-0.05, 0) is 25.7 Å². The molecule has 2 fully saturated rings. The number of nitrogens with zero attached hydrogens (tertiary/aromatic N) is 1. The molecule has 1 N–H and O–H groups in total. The SMILES string of the molecule is O=C(CCN1C(=O)C2CC=CCC2C1=O)NC1CCCC1. The molecule has 2 atom stereocenters. The number of likely N-dealkylation sites (tertiary alicyclic amines) is 1. The highest BCUT2D eigenvalue weighted by molar-refractivity contribution is 6.05. The van der Waals surface area contributed by atoms with Gasteiger partial charge in [0.1, 0.15) is 0 Å². The van der Waals surface area contributed by atoms with Crippen LogP contribution in [0.15, 0.2) is 12.2 Å². The molecule has 3 amide bonds. The number of carbonyl (C=O) groups is 3. The molecule has 0 aromatic carbocycles. The molecular formula is C16H22N2O3. The van der Waals surface area contributed by atoms with E-state index in [9.17, 15) is 14.4 Å². The van der Waals surface area contributed by atoms with Gasteiger partial charge in [-0.3, -0.25) is 19.3 Å². The summed E-state index contributed by atoms with van der Waals surface area (Å²) in [7, 11) is 0. The van der Waals surface area contributed by atoms with Gasteiger partial charge in [-0.25, -0.2) is 0 Å². The Morgan fingerprint density at radius 2 is 1.67 bits per heavy atom. The number of amides is 3. The largest absolute Gasteiger partial charge is 0.353 e. The minimum atomic E-state index is -0.194. The second-order valence-corrected chi connectivity index (χ2v) is 6.28. The van der Waals surface area contributed by atoms with E-state index in [4.69, 9.17) is 0 Å². The number of rotatable bonds is 4. The summed E-state index contributed by atoms with van der Waals surface area (Å²) in [6.07, 6.45) is 9.91. The molecule has 114 valence electrons. The van der Waals surface area contributed by atoms with Gasteiger partial charge in [-0.15, -0.1) is 0 Å². The topological polar surface area (TPSA) is 66.5 Å². The first-order valence-corrected chi connectivity index (χ1v) is 7.96. The molecular weight excluding hydrogens is 268 g/mol. The number of hydrogen-bond acceptors (Lipinski definition) is 3. The van der Waals surface area contributed by atoms with Crippen LogP contribution >= 0.6 is 0 Å². The van der Waals surface area contributed by atoms with Crippen LogP contribution in [0, 0.1) is 11.8 Å². The Bertz CT molecular complexity index is 454. The lowest BCUT2D eigenvalue weighted by atomic mass is 9.85. The Labute approximate surface area is 124 Å². The first-order chi connectivity index (χ1) is 10.2. The Kier molecular flexibility index (Phi) is 4.08. The third-order valence-corrected chi connectivity index (χ3v) is 4.88. The van der Waals surface area contributed by atoms with Crippen LogP contribution in [0.5, 0.6) is 0 Å². The molecule has 5 nitrogen and oxygen atoms in total. The van der Waals surface area contributed by atoms with Crippen LogP contribution in [-0.2, 0) is 14.4 Å². The minimum absolute atomic E-state index is 0.0458. The van der Waals surface area contributed by atoms with Crippen molar-refractivity contribution in [3.63, 3.8) is 0 Å². The average molecular weight is 290 g/mol. The van der Waals surface area contributed by atoms with Gasteiger partial charge in [0.15, 0.2) is 0 Å². The summed E-state index contributed by atoms with van der Waals surface area (Å²) in [4.78, 5) is 37.7. The molecule has 3 aliphatic rings. The minimum Gasteiger partial charge on any atom is -0.353 e. The second-order valence-electron chi connectivity index (χ2n) is 6.28. The number of carbonyl (C=O) groups excluding carboxylic acids is 3. The molecule has 21 heavy (non-hydrogen) atoms. The van der Waals surface area contributed by atoms with Crippen molar-refractivity contribution in [2.45, 2.75) is 51.0 Å². The quantitative estimate of drug-likeness (QED) is 0.628. The Balaban J connectivity index is 1.52. The van der Waals surface area contributed by atoms with Gasteiger partial charge in [0.05, 0.1) is 11.8 Å². The van der Waals surface area contributed by atoms with E-state index in [1.165, 1.54) is 17.7 Å². The van der Waals surface area contributed by atoms with Crippen molar-refractivity contribution >= 4 is 17.7 Å². The Morgan fingerprint density at radius 1 is 1.10 bits per heavy atom. The molecule has 0 bridgehead atoms. The smallest absolute Gasteiger partial charge is 0.233 e. The first kappa shape index (κ1) is 14.3. The van der Waals surface area contributed by atoms with E-state index in [0.29, 0.717) is 12.8 Å². The van der Waals surface area contributed by atoms with Gasteiger partial charge >= 0.3 is 0 Å². The third-order valence-electron chi connectivity index (χ3n) is 4.88. The van der Waals surface area contributed by atoms with Crippen molar-refractivity contribution in [3.8, 4) is 0 Å². The van der Waals surface area contributed by atoms with Gasteiger partial charge < -0.3 is 5.32 Å². The summed E-state index contributed by atoms with van der Waals surface area (Å²) in [5, 5.41) is 2.99. The maximum absolute atomic E-state index is 12.2. The summed E-state index contributed by atoms with van der Waals surface area (Å²) in [5.74, 6) is -0.623. The number of hydrogen-bond donors (Lipinski definition) is 1. The maximum Gasteiger partial charge on any atom is 0.233 e. The highest BCUT2D eigenvalue weighted by atomic mass is 16.2. The van der Waals surface area contributed by atoms with Crippen molar-refractivity contribution in [2.24, 2.45) is 11.8 Å². The van der Waals surface area contributed by atoms with Gasteiger partial charge in [0, 0.05) is 19.0 Å². The summed E-state index contributed by atoms with van der Waals surface area (Å²) < 4.78 is 0. The highest BCUT2D eigenvalue weighted by Gasteiger charge is 2.46. The van der Waals surface area contributed by atoms with Crippen molar-refractivity contribution < 1.29 is 14.4 Å². The van der Waals surface area contributed by atoms with Gasteiger partial charge in [-0.2, -0.15) is 0 Å². The lowest BCUT2D eigenvalue weighted by Crippen LogP contribution is -2.38. The van der Waals surface area contributed by atoms with Crippen LogP contribution in [0.4, 0.5) is 0 Å². The van der Waals surface area contributed by atoms with E-state index in [2.05, 4.69) is 5.32 Å². The molecule has 0 radical (unpaired) electrons. The van der Waals surface area contributed by atoms with Crippen LogP contribution in [0.25, 0.3) is 0 Å². The van der Waals surface area contributed by atoms with Crippen molar-refractivity contribution in [2.75, 3.05) is 6.54 Å². The lowest BCUT2D eigenvalue weighted by molar-refractivity contribution is -0.140. The standard InChI is InChI=1S/C16H22N2O3/c19-14(17-11-5-1-2-6-11)9-10-18-15(20)12-7-3-4-8-13(12)16(18)21/h3-4,11-13H,1-2,5-10H2,(H,17,19). The molecule has 2 aliphatic carbocycles. The molecule has 1 saturated heterocycles. The molecule has 1 saturated carbocycles. The van der Waals surface area contributed by atoms with Crippen LogP contribution in [0.1, 0.15) is 44.9 Å². The van der Waals surface area contributed by atoms with E-state index in [1.807, 2.05) is 12.2 Å². The number of allylic oxidation sites excluding steroid dienone is 2. The molecule has 0 spiro atoms. The molecule has 3 rings (SSSR count). The fraction of sp³-hybridized carbons (Fsp3) is 0.688. The van der Waals surface area contributed by atoms with E-state index in [-0.39, 0.29) is 48.6 Å². The van der Waals surface area contributed by atoms with E-state index >= 15 is 0 Å². The van der Waals surface area contributed by atoms with E-state index in [0.717, 1.165) is 12.8 Å². The maximum atomic E-state index is 12.2. The number of nitrogens with one attached hydrogen (secondary N) is 1. The predicted octanol–water partition coefficient (Wildman–Crippen LogP) is 1.39. The number of imide groups is 1. The first-order valence-electron chi connectivity index (χ1n) is 7.96. The number of fused-ring (bicyclic) bond motifs is 1. The summed E-state index contributed by atoms with van der Waals surface area (Å²) in [5.41, 5.74) is 0. The normalized spacial score (nSPS) is 29.0. The summed E-state index contributed by atoms with van der Waals surface area (Å²) in [6, 6.07) is 0.286. The zero-order valence-electron chi connectivity index (χ0n) is 12.2. The fourth-order valence-corrected chi connectivity index (χ4v) is 3.67. The van der Waals surface area contributed by atoms with Gasteiger partial charge in [0.2, 0.25) is 17.7 Å². The van der Waals surface area contributed by atoms with Crippen molar-refractivity contribution in [1.82, 2.24) is 10.2 Å². The van der Waals surface area contributed by atoms with Crippen LogP contribution in [-0.4, -0.2) is 35.2 Å². The highest BCUT2D eigenvalue weighted by Crippen LogP contribution is 2.34. The molecule has 1 aliphatic heterocycles. The van der Waals surface area contributed by atoms with Crippen LogP contribution in [0.3, 0.4) is 0 Å². The zero-order chi connectivity index (χ0) is 14.8. The molecule has 1 heterocycles. The Morgan fingerprint density at radius 3 is 2.24 bits per heavy atom. The van der Waals surface area contributed by atoms with Gasteiger partial charge in [0.25, 0.3) is 0 Å². The Hall–Kier alpha value is -1.65. The monoisotopic (exact) mass is 290 g/mol. The van der Waals surface area contributed by atoms with E-state index < -0.39 is 0 Å². The molecule has 2 unspecified atom stereocenters. The van der Waals surface area contributed by atoms with Crippen molar-refractivity contribution in [3.05, 3.63) is 12.2 Å². The average Bonchev–Trinajstić information content (AvgIpc) is 3.07. The third kappa shape index (κ3) is 2.87. The molecule has 0 aromatic rings. The summed E-state index contributed by atoms with van der Waals surface area (Å²) >= 11 is 0. The lowest BCUT2D eigenvalue weighted by Gasteiger charge is -2.16. The zero-order valence-corrected chi connectivity index (χ0v) is 12.2.